The molecule has 1 aliphatic rings. The second kappa shape index (κ2) is 4.00. The molecular formula is C8H9FO5P+. The third kappa shape index (κ3) is 2.25. The van der Waals surface area contributed by atoms with Crippen LogP contribution in [-0.2, 0) is 15.7 Å². The van der Waals surface area contributed by atoms with E-state index in [9.17, 15) is 9.28 Å². The Labute approximate surface area is 85.7 Å². The minimum atomic E-state index is -3.48. The first kappa shape index (κ1) is 10.7. The predicted molar refractivity (Wildman–Crippen MR) is 49.1 cm³/mol. The van der Waals surface area contributed by atoms with Gasteiger partial charge in [0.15, 0.2) is 12.5 Å². The van der Waals surface area contributed by atoms with Gasteiger partial charge in [0.2, 0.25) is 0 Å². The van der Waals surface area contributed by atoms with Gasteiger partial charge in [-0.3, -0.25) is 4.52 Å². The van der Waals surface area contributed by atoms with Crippen LogP contribution in [-0.4, -0.2) is 16.8 Å². The summed E-state index contributed by atoms with van der Waals surface area (Å²) in [5, 5.41) is 8.50. The van der Waals surface area contributed by atoms with Crippen LogP contribution in [0.15, 0.2) is 18.2 Å². The summed E-state index contributed by atoms with van der Waals surface area (Å²) in [4.78, 5) is 9.58. The van der Waals surface area contributed by atoms with Gasteiger partial charge < -0.3 is 5.11 Å². The van der Waals surface area contributed by atoms with E-state index in [1.54, 1.807) is 0 Å². The summed E-state index contributed by atoms with van der Waals surface area (Å²) in [7, 11) is -3.48. The number of hydrogen-bond donors (Lipinski definition) is 2. The van der Waals surface area contributed by atoms with Gasteiger partial charge in [-0.2, -0.15) is 4.89 Å². The van der Waals surface area contributed by atoms with Gasteiger partial charge in [-0.15, -0.1) is 9.05 Å². The van der Waals surface area contributed by atoms with Gasteiger partial charge in [0, 0.05) is 5.56 Å². The molecule has 1 aromatic rings. The number of fused-ring (bicyclic) bond motifs is 1. The van der Waals surface area contributed by atoms with Gasteiger partial charge >= 0.3 is 8.17 Å². The van der Waals surface area contributed by atoms with Crippen molar-refractivity contribution in [1.29, 1.82) is 0 Å². The summed E-state index contributed by atoms with van der Waals surface area (Å²) >= 11 is 0. The van der Waals surface area contributed by atoms with E-state index in [0.717, 1.165) is 0 Å². The SMILES string of the molecule is OCO[P+]1(O)OCc2cc(F)ccc2O1. The zero-order chi connectivity index (χ0) is 10.9. The maximum Gasteiger partial charge on any atom is 0.621 e. The van der Waals surface area contributed by atoms with Crippen molar-refractivity contribution in [3.05, 3.63) is 29.6 Å². The maximum atomic E-state index is 12.8. The monoisotopic (exact) mass is 235 g/mol. The fraction of sp³-hybridized carbons (Fsp3) is 0.250. The highest BCUT2D eigenvalue weighted by Crippen LogP contribution is 2.61. The molecule has 0 radical (unpaired) electrons. The van der Waals surface area contributed by atoms with E-state index in [1.807, 2.05) is 0 Å². The zero-order valence-corrected chi connectivity index (χ0v) is 8.49. The molecule has 0 aliphatic carbocycles. The number of rotatable bonds is 2. The predicted octanol–water partition coefficient (Wildman–Crippen LogP) is 1.37. The number of hydrogen-bond acceptors (Lipinski definition) is 5. The lowest BCUT2D eigenvalue weighted by atomic mass is 10.2. The van der Waals surface area contributed by atoms with E-state index in [0.29, 0.717) is 11.3 Å². The first-order valence-corrected chi connectivity index (χ1v) is 5.62. The zero-order valence-electron chi connectivity index (χ0n) is 7.59. The third-order valence-electron chi connectivity index (χ3n) is 1.84. The average Bonchev–Trinajstić information content (AvgIpc) is 2.19. The molecule has 0 bridgehead atoms. The number of benzene rings is 1. The van der Waals surface area contributed by atoms with Crippen LogP contribution in [0.5, 0.6) is 5.75 Å². The molecule has 0 saturated carbocycles. The summed E-state index contributed by atoms with van der Waals surface area (Å²) in [6.45, 7) is -0.724. The van der Waals surface area contributed by atoms with Crippen molar-refractivity contribution in [3.8, 4) is 5.75 Å². The Morgan fingerprint density at radius 3 is 3.07 bits per heavy atom. The molecule has 1 heterocycles. The molecule has 82 valence electrons. The summed E-state index contributed by atoms with van der Waals surface area (Å²) in [5.41, 5.74) is 0.487. The van der Waals surface area contributed by atoms with Crippen LogP contribution < -0.4 is 4.52 Å². The molecule has 1 unspecified atom stereocenters. The molecule has 1 atom stereocenters. The average molecular weight is 235 g/mol. The molecule has 2 rings (SSSR count). The Morgan fingerprint density at radius 1 is 1.53 bits per heavy atom. The Bertz CT molecular complexity index is 374. The summed E-state index contributed by atoms with van der Waals surface area (Å²) in [6, 6.07) is 3.82. The van der Waals surface area contributed by atoms with Crippen molar-refractivity contribution in [2.45, 2.75) is 6.61 Å². The maximum absolute atomic E-state index is 12.8. The lowest BCUT2D eigenvalue weighted by molar-refractivity contribution is 0.0283. The Kier molecular flexibility index (Phi) is 2.86. The van der Waals surface area contributed by atoms with Crippen LogP contribution in [0.3, 0.4) is 0 Å². The van der Waals surface area contributed by atoms with Gasteiger partial charge in [0.1, 0.15) is 12.4 Å². The third-order valence-corrected chi connectivity index (χ3v) is 3.16. The van der Waals surface area contributed by atoms with E-state index >= 15 is 0 Å². The van der Waals surface area contributed by atoms with Gasteiger partial charge in [-0.1, -0.05) is 0 Å². The molecule has 1 aromatic carbocycles. The van der Waals surface area contributed by atoms with Gasteiger partial charge in [-0.05, 0) is 18.2 Å². The van der Waals surface area contributed by atoms with E-state index in [2.05, 4.69) is 4.52 Å². The van der Waals surface area contributed by atoms with Crippen LogP contribution in [0.2, 0.25) is 0 Å². The van der Waals surface area contributed by atoms with Gasteiger partial charge in [0.25, 0.3) is 0 Å². The second-order valence-electron chi connectivity index (χ2n) is 2.84. The Hall–Kier alpha value is -0.780. The van der Waals surface area contributed by atoms with Gasteiger partial charge in [-0.25, -0.2) is 4.39 Å². The van der Waals surface area contributed by atoms with Crippen LogP contribution in [0.1, 0.15) is 5.56 Å². The molecule has 0 fully saturated rings. The van der Waals surface area contributed by atoms with Crippen LogP contribution in [0.4, 0.5) is 4.39 Å². The summed E-state index contributed by atoms with van der Waals surface area (Å²) in [5.74, 6) is -0.111. The first-order valence-electron chi connectivity index (χ1n) is 4.13. The number of halogens is 1. The number of aliphatic hydroxyl groups excluding tert-OH is 1. The van der Waals surface area contributed by atoms with E-state index in [1.165, 1.54) is 18.2 Å². The fourth-order valence-corrected chi connectivity index (χ4v) is 2.24. The smallest absolute Gasteiger partial charge is 0.367 e. The van der Waals surface area contributed by atoms with Crippen molar-refractivity contribution < 1.29 is 28.0 Å². The molecule has 1 aliphatic heterocycles. The van der Waals surface area contributed by atoms with Gasteiger partial charge in [0.05, 0.1) is 0 Å². The Morgan fingerprint density at radius 2 is 2.33 bits per heavy atom. The normalized spacial score (nSPS) is 24.5. The van der Waals surface area contributed by atoms with Crippen LogP contribution in [0.25, 0.3) is 0 Å². The standard InChI is InChI=1S/C8H9FO5P/c9-7-1-2-8-6(3-7)4-12-15(11,14-8)13-5-10/h1-3,10-11H,4-5H2/q+1. The van der Waals surface area contributed by atoms with Crippen molar-refractivity contribution in [2.75, 3.05) is 6.79 Å². The summed E-state index contributed by atoms with van der Waals surface area (Å²) < 4.78 is 27.2. The van der Waals surface area contributed by atoms with Crippen molar-refractivity contribution in [2.24, 2.45) is 0 Å². The highest BCUT2D eigenvalue weighted by Gasteiger charge is 2.50. The highest BCUT2D eigenvalue weighted by atomic mass is 31.2. The van der Waals surface area contributed by atoms with Crippen molar-refractivity contribution in [3.63, 3.8) is 0 Å². The molecule has 2 N–H and O–H groups in total. The fourth-order valence-electron chi connectivity index (χ4n) is 1.19. The lowest BCUT2D eigenvalue weighted by Gasteiger charge is -2.20. The largest absolute Gasteiger partial charge is 0.621 e. The first-order chi connectivity index (χ1) is 7.13. The van der Waals surface area contributed by atoms with Crippen LogP contribution >= 0.6 is 8.17 Å². The van der Waals surface area contributed by atoms with Crippen molar-refractivity contribution in [1.82, 2.24) is 0 Å². The molecule has 7 heteroatoms. The molecule has 5 nitrogen and oxygen atoms in total. The molecule has 0 amide bonds. The lowest BCUT2D eigenvalue weighted by Crippen LogP contribution is -2.15. The van der Waals surface area contributed by atoms with E-state index < -0.39 is 20.8 Å². The topological polar surface area (TPSA) is 68.2 Å². The van der Waals surface area contributed by atoms with E-state index in [-0.39, 0.29) is 6.61 Å². The molecule has 0 spiro atoms. The second-order valence-corrected chi connectivity index (χ2v) is 4.48. The summed E-state index contributed by atoms with van der Waals surface area (Å²) in [6.07, 6.45) is 0. The molecule has 15 heavy (non-hydrogen) atoms. The minimum absolute atomic E-state index is 0.0165. The van der Waals surface area contributed by atoms with Crippen LogP contribution in [0, 0.1) is 5.82 Å². The minimum Gasteiger partial charge on any atom is -0.367 e. The molecule has 0 aromatic heterocycles. The Balaban J connectivity index is 2.23. The van der Waals surface area contributed by atoms with E-state index in [4.69, 9.17) is 14.2 Å². The van der Waals surface area contributed by atoms with Crippen molar-refractivity contribution >= 4 is 8.17 Å². The molecule has 0 saturated heterocycles. The quantitative estimate of drug-likeness (QED) is 0.598. The number of aliphatic hydroxyl groups is 1. The molecular weight excluding hydrogens is 226 g/mol. The highest BCUT2D eigenvalue weighted by molar-refractivity contribution is 7.55.